The van der Waals surface area contributed by atoms with Crippen molar-refractivity contribution in [2.45, 2.75) is 31.2 Å². The number of nitrogens with zero attached hydrogens (tertiary/aromatic N) is 1. The maximum absolute atomic E-state index is 13.2. The Hall–Kier alpha value is -0.980. The molecule has 0 aliphatic heterocycles. The number of hydrogen-bond acceptors (Lipinski definition) is 3. The van der Waals surface area contributed by atoms with Crippen LogP contribution in [0.4, 0.5) is 4.39 Å². The summed E-state index contributed by atoms with van der Waals surface area (Å²) < 4.78 is 39.0. The number of aliphatic hydroxyl groups excluding tert-OH is 1. The lowest BCUT2D eigenvalue weighted by molar-refractivity contribution is 0.138. The minimum atomic E-state index is -3.83. The van der Waals surface area contributed by atoms with Crippen molar-refractivity contribution < 1.29 is 17.9 Å². The lowest BCUT2D eigenvalue weighted by Crippen LogP contribution is -2.47. The average molecular weight is 275 g/mol. The molecule has 0 heterocycles. The molecule has 102 valence electrons. The van der Waals surface area contributed by atoms with Crippen molar-refractivity contribution in [1.82, 2.24) is 4.31 Å². The largest absolute Gasteiger partial charge is 0.394 e. The summed E-state index contributed by atoms with van der Waals surface area (Å²) in [4.78, 5) is -0.0773. The Labute approximate surface area is 107 Å². The molecule has 1 aromatic carbocycles. The van der Waals surface area contributed by atoms with E-state index in [9.17, 15) is 17.9 Å². The van der Waals surface area contributed by atoms with Crippen molar-refractivity contribution in [3.05, 3.63) is 29.6 Å². The molecule has 0 aliphatic rings. The highest BCUT2D eigenvalue weighted by molar-refractivity contribution is 7.89. The van der Waals surface area contributed by atoms with Gasteiger partial charge in [-0.3, -0.25) is 0 Å². The van der Waals surface area contributed by atoms with E-state index in [2.05, 4.69) is 0 Å². The first kappa shape index (κ1) is 15.1. The van der Waals surface area contributed by atoms with Crippen molar-refractivity contribution in [3.8, 4) is 0 Å². The molecule has 0 radical (unpaired) electrons. The van der Waals surface area contributed by atoms with Gasteiger partial charge in [0.1, 0.15) is 5.82 Å². The third-order valence-corrected chi connectivity index (χ3v) is 5.24. The second-order valence-electron chi connectivity index (χ2n) is 4.85. The molecule has 0 atom stereocenters. The van der Waals surface area contributed by atoms with E-state index in [1.165, 1.54) is 19.2 Å². The zero-order chi connectivity index (χ0) is 14.1. The van der Waals surface area contributed by atoms with E-state index in [1.54, 1.807) is 20.8 Å². The number of aliphatic hydroxyl groups is 1. The molecule has 0 saturated heterocycles. The van der Waals surface area contributed by atoms with Gasteiger partial charge in [-0.25, -0.2) is 12.8 Å². The molecule has 0 aromatic heterocycles. The minimum absolute atomic E-state index is 0.0773. The van der Waals surface area contributed by atoms with Crippen LogP contribution in [-0.2, 0) is 10.0 Å². The highest BCUT2D eigenvalue weighted by Gasteiger charge is 2.34. The lowest BCUT2D eigenvalue weighted by atomic mass is 10.1. The van der Waals surface area contributed by atoms with E-state index in [4.69, 9.17) is 0 Å². The molecule has 0 unspecified atom stereocenters. The van der Waals surface area contributed by atoms with Gasteiger partial charge in [-0.15, -0.1) is 0 Å². The molecule has 0 aliphatic carbocycles. The van der Waals surface area contributed by atoms with Gasteiger partial charge in [-0.1, -0.05) is 6.07 Å². The second-order valence-corrected chi connectivity index (χ2v) is 6.79. The third-order valence-electron chi connectivity index (χ3n) is 3.03. The molecule has 0 fully saturated rings. The summed E-state index contributed by atoms with van der Waals surface area (Å²) in [5, 5.41) is 9.22. The lowest BCUT2D eigenvalue weighted by Gasteiger charge is -2.33. The fourth-order valence-corrected chi connectivity index (χ4v) is 3.16. The fraction of sp³-hybridized carbons (Fsp3) is 0.500. The SMILES string of the molecule is Cc1ccc(F)cc1S(=O)(=O)N(C)C(C)(C)CO. The van der Waals surface area contributed by atoms with E-state index in [1.807, 2.05) is 0 Å². The first-order chi connectivity index (χ1) is 8.13. The molecule has 4 nitrogen and oxygen atoms in total. The Bertz CT molecular complexity index is 540. The Kier molecular flexibility index (Phi) is 4.15. The van der Waals surface area contributed by atoms with E-state index >= 15 is 0 Å². The van der Waals surface area contributed by atoms with Crippen molar-refractivity contribution >= 4 is 10.0 Å². The fourth-order valence-electron chi connectivity index (χ4n) is 1.42. The molecule has 18 heavy (non-hydrogen) atoms. The zero-order valence-corrected chi connectivity index (χ0v) is 11.8. The van der Waals surface area contributed by atoms with Gasteiger partial charge in [0.15, 0.2) is 0 Å². The summed E-state index contributed by atoms with van der Waals surface area (Å²) in [7, 11) is -2.46. The molecule has 1 rings (SSSR count). The predicted octanol–water partition coefficient (Wildman–Crippen LogP) is 1.53. The van der Waals surface area contributed by atoms with Crippen molar-refractivity contribution in [3.63, 3.8) is 0 Å². The standard InChI is InChI=1S/C12H18FNO3S/c1-9-5-6-10(13)7-11(9)18(16,17)14(4)12(2,3)8-15/h5-7,15H,8H2,1-4H3. The van der Waals surface area contributed by atoms with Gasteiger partial charge in [0.05, 0.1) is 17.0 Å². The number of aryl methyl sites for hydroxylation is 1. The van der Waals surface area contributed by atoms with Gasteiger partial charge in [-0.05, 0) is 38.5 Å². The van der Waals surface area contributed by atoms with Gasteiger partial charge < -0.3 is 5.11 Å². The topological polar surface area (TPSA) is 57.6 Å². The number of sulfonamides is 1. The quantitative estimate of drug-likeness (QED) is 0.906. The number of halogens is 1. The maximum Gasteiger partial charge on any atom is 0.243 e. The summed E-state index contributed by atoms with van der Waals surface area (Å²) >= 11 is 0. The third kappa shape index (κ3) is 2.71. The molecule has 1 aromatic rings. The zero-order valence-electron chi connectivity index (χ0n) is 10.9. The van der Waals surface area contributed by atoms with Gasteiger partial charge in [0.25, 0.3) is 0 Å². The number of rotatable bonds is 4. The average Bonchev–Trinajstić information content (AvgIpc) is 2.31. The summed E-state index contributed by atoms with van der Waals surface area (Å²) in [6.07, 6.45) is 0. The van der Waals surface area contributed by atoms with Crippen molar-refractivity contribution in [2.75, 3.05) is 13.7 Å². The van der Waals surface area contributed by atoms with Gasteiger partial charge >= 0.3 is 0 Å². The summed E-state index contributed by atoms with van der Waals surface area (Å²) in [6.45, 7) is 4.47. The number of hydrogen-bond donors (Lipinski definition) is 1. The van der Waals surface area contributed by atoms with Crippen LogP contribution in [0.2, 0.25) is 0 Å². The Morgan fingerprint density at radius 2 is 1.94 bits per heavy atom. The van der Waals surface area contributed by atoms with Gasteiger partial charge in [-0.2, -0.15) is 4.31 Å². The Balaban J connectivity index is 3.34. The monoisotopic (exact) mass is 275 g/mol. The highest BCUT2D eigenvalue weighted by Crippen LogP contribution is 2.25. The first-order valence-electron chi connectivity index (χ1n) is 5.49. The van der Waals surface area contributed by atoms with Crippen LogP contribution in [0, 0.1) is 12.7 Å². The Morgan fingerprint density at radius 3 is 2.44 bits per heavy atom. The first-order valence-corrected chi connectivity index (χ1v) is 6.93. The van der Waals surface area contributed by atoms with Crippen molar-refractivity contribution in [2.24, 2.45) is 0 Å². The highest BCUT2D eigenvalue weighted by atomic mass is 32.2. The minimum Gasteiger partial charge on any atom is -0.394 e. The number of likely N-dealkylation sites (N-methyl/N-ethyl adjacent to an activating group) is 1. The molecule has 0 spiro atoms. The molecule has 0 amide bonds. The van der Waals surface area contributed by atoms with Gasteiger partial charge in [0.2, 0.25) is 10.0 Å². The summed E-state index contributed by atoms with van der Waals surface area (Å²) in [5.41, 5.74) is -0.477. The van der Waals surface area contributed by atoms with Crippen LogP contribution in [0.25, 0.3) is 0 Å². The molecular weight excluding hydrogens is 257 g/mol. The normalized spacial score (nSPS) is 13.1. The molecular formula is C12H18FNO3S. The van der Waals surface area contributed by atoms with Crippen LogP contribution in [0.15, 0.2) is 23.1 Å². The van der Waals surface area contributed by atoms with E-state index in [0.717, 1.165) is 10.4 Å². The van der Waals surface area contributed by atoms with E-state index in [0.29, 0.717) is 5.56 Å². The van der Waals surface area contributed by atoms with Crippen LogP contribution in [0.1, 0.15) is 19.4 Å². The maximum atomic E-state index is 13.2. The summed E-state index contributed by atoms with van der Waals surface area (Å²) in [6, 6.07) is 3.63. The van der Waals surface area contributed by atoms with Crippen molar-refractivity contribution in [1.29, 1.82) is 0 Å². The Morgan fingerprint density at radius 1 is 1.39 bits per heavy atom. The molecule has 1 N–H and O–H groups in total. The van der Waals surface area contributed by atoms with E-state index < -0.39 is 21.4 Å². The number of benzene rings is 1. The molecule has 0 bridgehead atoms. The predicted molar refractivity (Wildman–Crippen MR) is 67.3 cm³/mol. The smallest absolute Gasteiger partial charge is 0.243 e. The van der Waals surface area contributed by atoms with Crippen LogP contribution < -0.4 is 0 Å². The molecule has 0 saturated carbocycles. The van der Waals surface area contributed by atoms with Crippen LogP contribution in [-0.4, -0.2) is 37.0 Å². The molecule has 6 heteroatoms. The van der Waals surface area contributed by atoms with Crippen LogP contribution in [0.3, 0.4) is 0 Å². The van der Waals surface area contributed by atoms with Crippen LogP contribution >= 0.6 is 0 Å². The van der Waals surface area contributed by atoms with E-state index in [-0.39, 0.29) is 11.5 Å². The van der Waals surface area contributed by atoms with Gasteiger partial charge in [0, 0.05) is 7.05 Å². The second kappa shape index (κ2) is 4.95. The van der Waals surface area contributed by atoms with Crippen LogP contribution in [0.5, 0.6) is 0 Å². The summed E-state index contributed by atoms with van der Waals surface area (Å²) in [5.74, 6) is -0.602.